The summed E-state index contributed by atoms with van der Waals surface area (Å²) in [6, 6.07) is 3.28. The van der Waals surface area contributed by atoms with Gasteiger partial charge in [0.25, 0.3) is 5.91 Å². The van der Waals surface area contributed by atoms with E-state index in [-0.39, 0.29) is 6.54 Å². The summed E-state index contributed by atoms with van der Waals surface area (Å²) in [5.74, 6) is -0.570. The molecule has 1 aromatic rings. The predicted octanol–water partition coefficient (Wildman–Crippen LogP) is 3.46. The first-order valence-electron chi connectivity index (χ1n) is 4.82. The molecule has 0 spiro atoms. The summed E-state index contributed by atoms with van der Waals surface area (Å²) in [5, 5.41) is 0.319. The maximum absolute atomic E-state index is 12.3. The Bertz CT molecular complexity index is 391. The van der Waals surface area contributed by atoms with Gasteiger partial charge in [0.2, 0.25) is 0 Å². The van der Waals surface area contributed by atoms with Crippen LogP contribution in [-0.2, 0) is 0 Å². The Morgan fingerprint density at radius 1 is 1.47 bits per heavy atom. The zero-order valence-corrected chi connectivity index (χ0v) is 11.5. The molecular formula is C10H11BrF3NOS. The summed E-state index contributed by atoms with van der Waals surface area (Å²) in [7, 11) is 0. The first-order valence-corrected chi connectivity index (χ1v) is 6.75. The minimum Gasteiger partial charge on any atom is -0.328 e. The number of amides is 1. The Hall–Kier alpha value is -0.560. The second kappa shape index (κ2) is 5.86. The molecule has 1 aromatic heterocycles. The molecule has 0 bridgehead atoms. The fourth-order valence-corrected chi connectivity index (χ4v) is 2.54. The lowest BCUT2D eigenvalue weighted by Gasteiger charge is -2.22. The van der Waals surface area contributed by atoms with Crippen LogP contribution in [0.5, 0.6) is 0 Å². The number of rotatable bonds is 4. The Balaban J connectivity index is 2.80. The number of thiophene rings is 1. The van der Waals surface area contributed by atoms with Crippen LogP contribution in [0.15, 0.2) is 12.1 Å². The van der Waals surface area contributed by atoms with E-state index >= 15 is 0 Å². The molecule has 0 N–H and O–H groups in total. The fourth-order valence-electron chi connectivity index (χ4n) is 1.28. The second-order valence-electron chi connectivity index (χ2n) is 3.44. The Kier molecular flexibility index (Phi) is 5.00. The molecular weight excluding hydrogens is 319 g/mol. The van der Waals surface area contributed by atoms with Gasteiger partial charge in [-0.3, -0.25) is 4.79 Å². The van der Waals surface area contributed by atoms with Crippen molar-refractivity contribution >= 4 is 33.2 Å². The number of hydrogen-bond donors (Lipinski definition) is 0. The van der Waals surface area contributed by atoms with E-state index in [2.05, 4.69) is 15.9 Å². The van der Waals surface area contributed by atoms with Crippen molar-refractivity contribution in [1.82, 2.24) is 4.90 Å². The average Bonchev–Trinajstić information content (AvgIpc) is 2.61. The summed E-state index contributed by atoms with van der Waals surface area (Å²) in [6.07, 6.45) is -4.37. The van der Waals surface area contributed by atoms with Crippen LogP contribution in [0.3, 0.4) is 0 Å². The normalized spacial score (nSPS) is 11.6. The van der Waals surface area contributed by atoms with E-state index < -0.39 is 18.6 Å². The van der Waals surface area contributed by atoms with Crippen LogP contribution < -0.4 is 0 Å². The molecule has 7 heteroatoms. The molecule has 2 nitrogen and oxygen atoms in total. The third kappa shape index (κ3) is 4.67. The standard InChI is InChI=1S/C10H11BrF3NOS/c1-7-2-3-8(17-7)9(16)15(5-4-11)6-10(12,13)14/h2-3H,4-6H2,1H3. The van der Waals surface area contributed by atoms with Gasteiger partial charge in [-0.05, 0) is 19.1 Å². The molecule has 0 saturated carbocycles. The Labute approximate surface area is 110 Å². The molecule has 0 atom stereocenters. The van der Waals surface area contributed by atoms with Crippen LogP contribution in [0.4, 0.5) is 13.2 Å². The highest BCUT2D eigenvalue weighted by atomic mass is 79.9. The highest BCUT2D eigenvalue weighted by Gasteiger charge is 2.33. The van der Waals surface area contributed by atoms with Crippen molar-refractivity contribution in [3.63, 3.8) is 0 Å². The highest BCUT2D eigenvalue weighted by Crippen LogP contribution is 2.21. The van der Waals surface area contributed by atoms with Gasteiger partial charge in [-0.25, -0.2) is 0 Å². The highest BCUT2D eigenvalue weighted by molar-refractivity contribution is 9.09. The molecule has 0 fully saturated rings. The molecule has 0 radical (unpaired) electrons. The second-order valence-corrected chi connectivity index (χ2v) is 5.52. The van der Waals surface area contributed by atoms with Crippen molar-refractivity contribution in [2.24, 2.45) is 0 Å². The Morgan fingerprint density at radius 2 is 2.12 bits per heavy atom. The third-order valence-electron chi connectivity index (χ3n) is 1.96. The number of carbonyl (C=O) groups is 1. The molecule has 0 aliphatic carbocycles. The lowest BCUT2D eigenvalue weighted by molar-refractivity contribution is -0.140. The minimum absolute atomic E-state index is 0.0370. The van der Waals surface area contributed by atoms with E-state index in [9.17, 15) is 18.0 Å². The van der Waals surface area contributed by atoms with E-state index in [0.717, 1.165) is 9.78 Å². The topological polar surface area (TPSA) is 20.3 Å². The summed E-state index contributed by atoms with van der Waals surface area (Å²) in [5.41, 5.74) is 0. The molecule has 96 valence electrons. The lowest BCUT2D eigenvalue weighted by atomic mass is 10.3. The van der Waals surface area contributed by atoms with Gasteiger partial charge in [0.15, 0.2) is 0 Å². The molecule has 1 rings (SSSR count). The monoisotopic (exact) mass is 329 g/mol. The van der Waals surface area contributed by atoms with Gasteiger partial charge in [0, 0.05) is 16.8 Å². The van der Waals surface area contributed by atoms with E-state index in [0.29, 0.717) is 10.2 Å². The van der Waals surface area contributed by atoms with Crippen LogP contribution in [0.25, 0.3) is 0 Å². The zero-order valence-electron chi connectivity index (χ0n) is 9.05. The van der Waals surface area contributed by atoms with Crippen LogP contribution in [-0.4, -0.2) is 35.4 Å². The summed E-state index contributed by atoms with van der Waals surface area (Å²) in [6.45, 7) is 0.629. The molecule has 0 unspecified atom stereocenters. The van der Waals surface area contributed by atoms with Crippen molar-refractivity contribution < 1.29 is 18.0 Å². The van der Waals surface area contributed by atoms with Crippen molar-refractivity contribution in [3.05, 3.63) is 21.9 Å². The van der Waals surface area contributed by atoms with E-state index in [1.807, 2.05) is 0 Å². The van der Waals surface area contributed by atoms with Crippen LogP contribution in [0.2, 0.25) is 0 Å². The molecule has 1 heterocycles. The van der Waals surface area contributed by atoms with Gasteiger partial charge in [-0.2, -0.15) is 13.2 Å². The van der Waals surface area contributed by atoms with Gasteiger partial charge < -0.3 is 4.90 Å². The summed E-state index contributed by atoms with van der Waals surface area (Å²) < 4.78 is 36.9. The quantitative estimate of drug-likeness (QED) is 0.775. The van der Waals surface area contributed by atoms with Gasteiger partial charge >= 0.3 is 6.18 Å². The third-order valence-corrected chi connectivity index (χ3v) is 3.31. The van der Waals surface area contributed by atoms with Gasteiger partial charge in [0.05, 0.1) is 4.88 Å². The first-order chi connectivity index (χ1) is 7.83. The first kappa shape index (κ1) is 14.5. The number of alkyl halides is 4. The SMILES string of the molecule is Cc1ccc(C(=O)N(CCBr)CC(F)(F)F)s1. The van der Waals surface area contributed by atoms with Crippen LogP contribution in [0, 0.1) is 6.92 Å². The fraction of sp³-hybridized carbons (Fsp3) is 0.500. The average molecular weight is 330 g/mol. The minimum atomic E-state index is -4.37. The van der Waals surface area contributed by atoms with Crippen molar-refractivity contribution in [1.29, 1.82) is 0 Å². The molecule has 0 aliphatic rings. The molecule has 17 heavy (non-hydrogen) atoms. The predicted molar refractivity (Wildman–Crippen MR) is 64.8 cm³/mol. The molecule has 0 aliphatic heterocycles. The molecule has 0 aromatic carbocycles. The summed E-state index contributed by atoms with van der Waals surface area (Å²) in [4.78, 5) is 13.9. The smallest absolute Gasteiger partial charge is 0.328 e. The van der Waals surface area contributed by atoms with Crippen LogP contribution in [0.1, 0.15) is 14.5 Å². The van der Waals surface area contributed by atoms with Crippen molar-refractivity contribution in [3.8, 4) is 0 Å². The number of carbonyl (C=O) groups excluding carboxylic acids is 1. The maximum Gasteiger partial charge on any atom is 0.406 e. The van der Waals surface area contributed by atoms with Gasteiger partial charge in [0.1, 0.15) is 6.54 Å². The summed E-state index contributed by atoms with van der Waals surface area (Å²) >= 11 is 4.25. The zero-order chi connectivity index (χ0) is 13.1. The number of halogens is 4. The van der Waals surface area contributed by atoms with Crippen LogP contribution >= 0.6 is 27.3 Å². The van der Waals surface area contributed by atoms with Crippen molar-refractivity contribution in [2.45, 2.75) is 13.1 Å². The molecule has 1 amide bonds. The van der Waals surface area contributed by atoms with E-state index in [4.69, 9.17) is 0 Å². The number of nitrogens with zero attached hydrogens (tertiary/aromatic N) is 1. The number of hydrogen-bond acceptors (Lipinski definition) is 2. The van der Waals surface area contributed by atoms with E-state index in [1.54, 1.807) is 19.1 Å². The van der Waals surface area contributed by atoms with Gasteiger partial charge in [-0.1, -0.05) is 15.9 Å². The maximum atomic E-state index is 12.3. The lowest BCUT2D eigenvalue weighted by Crippen LogP contribution is -2.39. The Morgan fingerprint density at radius 3 is 2.53 bits per heavy atom. The molecule has 0 saturated heterocycles. The van der Waals surface area contributed by atoms with Crippen molar-refractivity contribution in [2.75, 3.05) is 18.4 Å². The van der Waals surface area contributed by atoms with E-state index in [1.165, 1.54) is 11.3 Å². The largest absolute Gasteiger partial charge is 0.406 e. The number of aryl methyl sites for hydroxylation is 1. The van der Waals surface area contributed by atoms with Gasteiger partial charge in [-0.15, -0.1) is 11.3 Å².